The fourth-order valence-corrected chi connectivity index (χ4v) is 2.29. The van der Waals surface area contributed by atoms with E-state index < -0.39 is 0 Å². The maximum absolute atomic E-state index is 8.76. The van der Waals surface area contributed by atoms with Gasteiger partial charge < -0.3 is 4.74 Å². The van der Waals surface area contributed by atoms with E-state index in [9.17, 15) is 0 Å². The molecule has 0 fully saturated rings. The van der Waals surface area contributed by atoms with E-state index in [1.54, 1.807) is 17.4 Å². The molecule has 0 unspecified atom stereocenters. The lowest BCUT2D eigenvalue weighted by Crippen LogP contribution is -2.01. The first-order chi connectivity index (χ1) is 8.29. The largest absolute Gasteiger partial charge is 0.493 e. The molecular weight excluding hydrogens is 230 g/mol. The summed E-state index contributed by atoms with van der Waals surface area (Å²) < 4.78 is 5.71. The first kappa shape index (κ1) is 11.7. The Kier molecular flexibility index (Phi) is 3.79. The lowest BCUT2D eigenvalue weighted by atomic mass is 10.1. The van der Waals surface area contributed by atoms with Crippen molar-refractivity contribution < 1.29 is 4.74 Å². The summed E-state index contributed by atoms with van der Waals surface area (Å²) in [5.41, 5.74) is 1.68. The standard InChI is InChI=1S/C14H13NOS/c1-11-9-12(10-15)4-5-14(11)16-7-6-13-3-2-8-17-13/h2-5,8-9H,6-7H2,1H3. The third-order valence-corrected chi connectivity index (χ3v) is 3.43. The van der Waals surface area contributed by atoms with Crippen LogP contribution in [0.25, 0.3) is 0 Å². The maximum atomic E-state index is 8.76. The quantitative estimate of drug-likeness (QED) is 0.822. The molecule has 0 N–H and O–H groups in total. The van der Waals surface area contributed by atoms with Crippen molar-refractivity contribution in [3.8, 4) is 11.8 Å². The molecule has 0 spiro atoms. The van der Waals surface area contributed by atoms with Crippen LogP contribution in [0.5, 0.6) is 5.75 Å². The van der Waals surface area contributed by atoms with Gasteiger partial charge in [-0.05, 0) is 42.1 Å². The molecule has 2 nitrogen and oxygen atoms in total. The number of hydrogen-bond acceptors (Lipinski definition) is 3. The summed E-state index contributed by atoms with van der Waals surface area (Å²) in [4.78, 5) is 1.33. The van der Waals surface area contributed by atoms with Crippen molar-refractivity contribution in [3.63, 3.8) is 0 Å². The summed E-state index contributed by atoms with van der Waals surface area (Å²) in [6, 6.07) is 11.8. The van der Waals surface area contributed by atoms with Gasteiger partial charge in [0.1, 0.15) is 5.75 Å². The van der Waals surface area contributed by atoms with E-state index in [0.717, 1.165) is 17.7 Å². The molecule has 17 heavy (non-hydrogen) atoms. The van der Waals surface area contributed by atoms with Crippen LogP contribution in [0.4, 0.5) is 0 Å². The monoisotopic (exact) mass is 243 g/mol. The molecule has 0 aliphatic carbocycles. The number of benzene rings is 1. The fourth-order valence-electron chi connectivity index (χ4n) is 1.60. The van der Waals surface area contributed by atoms with Crippen molar-refractivity contribution in [2.24, 2.45) is 0 Å². The molecule has 86 valence electrons. The first-order valence-corrected chi connectivity index (χ1v) is 6.33. The van der Waals surface area contributed by atoms with Gasteiger partial charge >= 0.3 is 0 Å². The molecular formula is C14H13NOS. The molecule has 0 saturated heterocycles. The predicted molar refractivity (Wildman–Crippen MR) is 69.4 cm³/mol. The number of ether oxygens (including phenoxy) is 1. The second-order valence-corrected chi connectivity index (χ2v) is 4.80. The molecule has 2 aromatic rings. The maximum Gasteiger partial charge on any atom is 0.122 e. The Labute approximate surface area is 105 Å². The molecule has 0 aliphatic heterocycles. The Hall–Kier alpha value is -1.79. The molecule has 1 aromatic heterocycles. The highest BCUT2D eigenvalue weighted by molar-refractivity contribution is 7.09. The van der Waals surface area contributed by atoms with Gasteiger partial charge in [-0.15, -0.1) is 11.3 Å². The molecule has 2 rings (SSSR count). The summed E-state index contributed by atoms with van der Waals surface area (Å²) >= 11 is 1.75. The van der Waals surface area contributed by atoms with Gasteiger partial charge in [-0.25, -0.2) is 0 Å². The Morgan fingerprint density at radius 1 is 1.35 bits per heavy atom. The number of nitrogens with zero attached hydrogens (tertiary/aromatic N) is 1. The van der Waals surface area contributed by atoms with Crippen molar-refractivity contribution in [2.75, 3.05) is 6.61 Å². The van der Waals surface area contributed by atoms with Crippen LogP contribution in [0.3, 0.4) is 0 Å². The summed E-state index contributed by atoms with van der Waals surface area (Å²) in [5.74, 6) is 0.862. The van der Waals surface area contributed by atoms with E-state index in [1.165, 1.54) is 4.88 Å². The second kappa shape index (κ2) is 5.51. The van der Waals surface area contributed by atoms with Crippen LogP contribution in [-0.2, 0) is 6.42 Å². The van der Waals surface area contributed by atoms with E-state index in [4.69, 9.17) is 10.00 Å². The van der Waals surface area contributed by atoms with Gasteiger partial charge in [0.2, 0.25) is 0 Å². The SMILES string of the molecule is Cc1cc(C#N)ccc1OCCc1cccs1. The molecule has 0 radical (unpaired) electrons. The molecule has 0 saturated carbocycles. The van der Waals surface area contributed by atoms with Crippen LogP contribution >= 0.6 is 11.3 Å². The van der Waals surface area contributed by atoms with Gasteiger partial charge in [-0.2, -0.15) is 5.26 Å². The minimum atomic E-state index is 0.674. The Morgan fingerprint density at radius 2 is 2.24 bits per heavy atom. The van der Waals surface area contributed by atoms with E-state index in [-0.39, 0.29) is 0 Å². The predicted octanol–water partition coefficient (Wildman–Crippen LogP) is 3.55. The second-order valence-electron chi connectivity index (χ2n) is 3.77. The summed E-state index contributed by atoms with van der Waals surface area (Å²) in [6.45, 7) is 2.63. The zero-order chi connectivity index (χ0) is 12.1. The average molecular weight is 243 g/mol. The molecule has 0 amide bonds. The lowest BCUT2D eigenvalue weighted by Gasteiger charge is -2.08. The van der Waals surface area contributed by atoms with Gasteiger partial charge in [-0.1, -0.05) is 6.07 Å². The van der Waals surface area contributed by atoms with Crippen LogP contribution in [0.1, 0.15) is 16.0 Å². The van der Waals surface area contributed by atoms with E-state index in [0.29, 0.717) is 12.2 Å². The number of nitriles is 1. The van der Waals surface area contributed by atoms with Gasteiger partial charge in [0.05, 0.1) is 18.2 Å². The third kappa shape index (κ3) is 3.08. The molecule has 3 heteroatoms. The highest BCUT2D eigenvalue weighted by atomic mass is 32.1. The lowest BCUT2D eigenvalue weighted by molar-refractivity contribution is 0.321. The van der Waals surface area contributed by atoms with E-state index >= 15 is 0 Å². The number of hydrogen-bond donors (Lipinski definition) is 0. The number of aryl methyl sites for hydroxylation is 1. The van der Waals surface area contributed by atoms with Crippen LogP contribution < -0.4 is 4.74 Å². The van der Waals surface area contributed by atoms with Crippen LogP contribution in [0.2, 0.25) is 0 Å². The fraction of sp³-hybridized carbons (Fsp3) is 0.214. The summed E-state index contributed by atoms with van der Waals surface area (Å²) in [7, 11) is 0. The van der Waals surface area contributed by atoms with Crippen molar-refractivity contribution >= 4 is 11.3 Å². The number of thiophene rings is 1. The zero-order valence-electron chi connectivity index (χ0n) is 9.64. The molecule has 0 atom stereocenters. The Balaban J connectivity index is 1.93. The highest BCUT2D eigenvalue weighted by Crippen LogP contribution is 2.19. The molecule has 1 heterocycles. The van der Waals surface area contributed by atoms with Gasteiger partial charge in [0, 0.05) is 11.3 Å². The summed E-state index contributed by atoms with van der Waals surface area (Å²) in [6.07, 6.45) is 0.928. The normalized spacial score (nSPS) is 9.88. The van der Waals surface area contributed by atoms with Crippen LogP contribution in [0.15, 0.2) is 35.7 Å². The minimum absolute atomic E-state index is 0.674. The smallest absolute Gasteiger partial charge is 0.122 e. The first-order valence-electron chi connectivity index (χ1n) is 5.45. The van der Waals surface area contributed by atoms with Crippen molar-refractivity contribution in [1.29, 1.82) is 5.26 Å². The average Bonchev–Trinajstić information content (AvgIpc) is 2.84. The Morgan fingerprint density at radius 3 is 2.88 bits per heavy atom. The number of rotatable bonds is 4. The zero-order valence-corrected chi connectivity index (χ0v) is 10.5. The molecule has 0 aliphatic rings. The molecule has 0 bridgehead atoms. The Bertz CT molecular complexity index is 526. The van der Waals surface area contributed by atoms with Crippen molar-refractivity contribution in [2.45, 2.75) is 13.3 Å². The van der Waals surface area contributed by atoms with E-state index in [2.05, 4.69) is 17.5 Å². The third-order valence-electron chi connectivity index (χ3n) is 2.49. The molecule has 1 aromatic carbocycles. The van der Waals surface area contributed by atoms with Crippen molar-refractivity contribution in [3.05, 3.63) is 51.7 Å². The van der Waals surface area contributed by atoms with Crippen LogP contribution in [-0.4, -0.2) is 6.61 Å². The van der Waals surface area contributed by atoms with Gasteiger partial charge in [0.15, 0.2) is 0 Å². The topological polar surface area (TPSA) is 33.0 Å². The van der Waals surface area contributed by atoms with Crippen LogP contribution in [0, 0.1) is 18.3 Å². The van der Waals surface area contributed by atoms with Gasteiger partial charge in [-0.3, -0.25) is 0 Å². The minimum Gasteiger partial charge on any atom is -0.493 e. The van der Waals surface area contributed by atoms with Gasteiger partial charge in [0.25, 0.3) is 0 Å². The highest BCUT2D eigenvalue weighted by Gasteiger charge is 2.01. The van der Waals surface area contributed by atoms with E-state index in [1.807, 2.05) is 25.1 Å². The summed E-state index contributed by atoms with van der Waals surface area (Å²) in [5, 5.41) is 10.8. The van der Waals surface area contributed by atoms with Crippen molar-refractivity contribution in [1.82, 2.24) is 0 Å².